The number of aromatic nitrogens is 2. The Morgan fingerprint density at radius 2 is 2.00 bits per heavy atom. The van der Waals surface area contributed by atoms with Gasteiger partial charge >= 0.3 is 0 Å². The summed E-state index contributed by atoms with van der Waals surface area (Å²) in [4.78, 5) is 0. The zero-order chi connectivity index (χ0) is 9.97. The summed E-state index contributed by atoms with van der Waals surface area (Å²) in [6.45, 7) is 0. The van der Waals surface area contributed by atoms with Crippen LogP contribution in [0.3, 0.4) is 0 Å². The number of para-hydroxylation sites is 1. The number of hydrogen-bond acceptors (Lipinski definition) is 2. The first kappa shape index (κ1) is 9.27. The second-order valence-corrected chi connectivity index (χ2v) is 3.50. The summed E-state index contributed by atoms with van der Waals surface area (Å²) in [5.41, 5.74) is 1.00. The SMILES string of the molecule is COc1cnn(-c2ccccc2)c1Br. The van der Waals surface area contributed by atoms with Crippen LogP contribution in [-0.2, 0) is 0 Å². The third kappa shape index (κ3) is 1.53. The maximum atomic E-state index is 5.12. The van der Waals surface area contributed by atoms with E-state index >= 15 is 0 Å². The van der Waals surface area contributed by atoms with Crippen molar-refractivity contribution in [1.82, 2.24) is 9.78 Å². The maximum absolute atomic E-state index is 5.12. The van der Waals surface area contributed by atoms with E-state index < -0.39 is 0 Å². The standard InChI is InChI=1S/C10H9BrN2O/c1-14-9-7-12-13(10(9)11)8-5-3-2-4-6-8/h2-7H,1H3. The number of methoxy groups -OCH3 is 1. The quantitative estimate of drug-likeness (QED) is 0.822. The summed E-state index contributed by atoms with van der Waals surface area (Å²) in [7, 11) is 1.62. The molecule has 0 saturated heterocycles. The fourth-order valence-corrected chi connectivity index (χ4v) is 1.77. The molecule has 0 aliphatic heterocycles. The van der Waals surface area contributed by atoms with Crippen LogP contribution in [0.1, 0.15) is 0 Å². The lowest BCUT2D eigenvalue weighted by Crippen LogP contribution is -1.95. The highest BCUT2D eigenvalue weighted by Crippen LogP contribution is 2.26. The molecule has 14 heavy (non-hydrogen) atoms. The van der Waals surface area contributed by atoms with Crippen molar-refractivity contribution in [3.05, 3.63) is 41.1 Å². The van der Waals surface area contributed by atoms with E-state index in [1.807, 2.05) is 30.3 Å². The number of hydrogen-bond donors (Lipinski definition) is 0. The molecule has 0 atom stereocenters. The highest BCUT2D eigenvalue weighted by molar-refractivity contribution is 9.10. The molecule has 0 N–H and O–H groups in total. The Labute approximate surface area is 90.4 Å². The Morgan fingerprint density at radius 1 is 1.29 bits per heavy atom. The van der Waals surface area contributed by atoms with Crippen molar-refractivity contribution in [1.29, 1.82) is 0 Å². The molecule has 0 aliphatic carbocycles. The Morgan fingerprint density at radius 3 is 2.57 bits per heavy atom. The summed E-state index contributed by atoms with van der Waals surface area (Å²) in [6.07, 6.45) is 1.68. The normalized spacial score (nSPS) is 10.1. The molecular weight excluding hydrogens is 244 g/mol. The first-order valence-electron chi connectivity index (χ1n) is 4.16. The van der Waals surface area contributed by atoms with E-state index in [9.17, 15) is 0 Å². The summed E-state index contributed by atoms with van der Waals surface area (Å²) < 4.78 is 7.72. The van der Waals surface area contributed by atoms with Crippen LogP contribution in [0.5, 0.6) is 5.75 Å². The van der Waals surface area contributed by atoms with Gasteiger partial charge in [0.15, 0.2) is 10.4 Å². The van der Waals surface area contributed by atoms with Gasteiger partial charge in [0.2, 0.25) is 0 Å². The molecule has 0 fully saturated rings. The van der Waals surface area contributed by atoms with Gasteiger partial charge in [0, 0.05) is 0 Å². The van der Waals surface area contributed by atoms with E-state index in [-0.39, 0.29) is 0 Å². The van der Waals surface area contributed by atoms with E-state index in [0.29, 0.717) is 0 Å². The Balaban J connectivity index is 2.48. The molecule has 4 heteroatoms. The van der Waals surface area contributed by atoms with E-state index in [0.717, 1.165) is 16.0 Å². The second-order valence-electron chi connectivity index (χ2n) is 2.75. The molecule has 0 spiro atoms. The van der Waals surface area contributed by atoms with Gasteiger partial charge in [-0.1, -0.05) is 18.2 Å². The van der Waals surface area contributed by atoms with Crippen LogP contribution in [0, 0.1) is 0 Å². The molecule has 72 valence electrons. The van der Waals surface area contributed by atoms with Gasteiger partial charge in [-0.2, -0.15) is 5.10 Å². The van der Waals surface area contributed by atoms with E-state index in [2.05, 4.69) is 21.0 Å². The highest BCUT2D eigenvalue weighted by Gasteiger charge is 2.08. The average molecular weight is 253 g/mol. The zero-order valence-electron chi connectivity index (χ0n) is 7.64. The Bertz CT molecular complexity index is 425. The minimum Gasteiger partial charge on any atom is -0.492 e. The highest BCUT2D eigenvalue weighted by atomic mass is 79.9. The monoisotopic (exact) mass is 252 g/mol. The molecule has 0 unspecified atom stereocenters. The first-order valence-corrected chi connectivity index (χ1v) is 4.95. The molecule has 3 nitrogen and oxygen atoms in total. The van der Waals surface area contributed by atoms with Crippen molar-refractivity contribution in [2.75, 3.05) is 7.11 Å². The molecule has 2 aromatic rings. The van der Waals surface area contributed by atoms with Gasteiger partial charge in [0.1, 0.15) is 0 Å². The van der Waals surface area contributed by atoms with Gasteiger partial charge in [-0.3, -0.25) is 0 Å². The van der Waals surface area contributed by atoms with Gasteiger partial charge in [-0.15, -0.1) is 0 Å². The van der Waals surface area contributed by atoms with Crippen molar-refractivity contribution in [2.45, 2.75) is 0 Å². The summed E-state index contributed by atoms with van der Waals surface area (Å²) in [5.74, 6) is 0.730. The fourth-order valence-electron chi connectivity index (χ4n) is 1.20. The van der Waals surface area contributed by atoms with Crippen LogP contribution in [0.25, 0.3) is 5.69 Å². The molecule has 0 aliphatic rings. The number of benzene rings is 1. The smallest absolute Gasteiger partial charge is 0.171 e. The lowest BCUT2D eigenvalue weighted by molar-refractivity contribution is 0.412. The summed E-state index contributed by atoms with van der Waals surface area (Å²) in [6, 6.07) is 9.87. The molecule has 0 bridgehead atoms. The molecule has 1 aromatic carbocycles. The Hall–Kier alpha value is -1.29. The van der Waals surface area contributed by atoms with Crippen molar-refractivity contribution in [3.8, 4) is 11.4 Å². The minimum absolute atomic E-state index is 0.730. The summed E-state index contributed by atoms with van der Waals surface area (Å²) >= 11 is 3.42. The lowest BCUT2D eigenvalue weighted by atomic mass is 10.3. The molecule has 0 radical (unpaired) electrons. The summed E-state index contributed by atoms with van der Waals surface area (Å²) in [5, 5.41) is 4.20. The van der Waals surface area contributed by atoms with E-state index in [4.69, 9.17) is 4.74 Å². The number of ether oxygens (including phenoxy) is 1. The van der Waals surface area contributed by atoms with Crippen LogP contribution in [0.4, 0.5) is 0 Å². The molecule has 0 saturated carbocycles. The van der Waals surface area contributed by atoms with Gasteiger partial charge in [0.25, 0.3) is 0 Å². The average Bonchev–Trinajstić information content (AvgIpc) is 2.61. The number of rotatable bonds is 2. The molecular formula is C10H9BrN2O. The van der Waals surface area contributed by atoms with Crippen molar-refractivity contribution >= 4 is 15.9 Å². The van der Waals surface area contributed by atoms with Gasteiger partial charge in [0.05, 0.1) is 19.0 Å². The van der Waals surface area contributed by atoms with Gasteiger partial charge < -0.3 is 4.74 Å². The van der Waals surface area contributed by atoms with Crippen molar-refractivity contribution in [3.63, 3.8) is 0 Å². The zero-order valence-corrected chi connectivity index (χ0v) is 9.23. The number of nitrogens with zero attached hydrogens (tertiary/aromatic N) is 2. The lowest BCUT2D eigenvalue weighted by Gasteiger charge is -2.02. The topological polar surface area (TPSA) is 27.1 Å². The third-order valence-corrected chi connectivity index (χ3v) is 2.63. The second kappa shape index (κ2) is 3.84. The third-order valence-electron chi connectivity index (χ3n) is 1.90. The fraction of sp³-hybridized carbons (Fsp3) is 0.100. The largest absolute Gasteiger partial charge is 0.492 e. The van der Waals surface area contributed by atoms with E-state index in [1.165, 1.54) is 0 Å². The molecule has 1 aromatic heterocycles. The molecule has 0 amide bonds. The predicted octanol–water partition coefficient (Wildman–Crippen LogP) is 2.64. The predicted molar refractivity (Wildman–Crippen MR) is 57.8 cm³/mol. The van der Waals surface area contributed by atoms with Crippen LogP contribution in [-0.4, -0.2) is 16.9 Å². The van der Waals surface area contributed by atoms with Gasteiger partial charge in [-0.25, -0.2) is 4.68 Å². The number of halogens is 1. The Kier molecular flexibility index (Phi) is 2.54. The molecule has 2 rings (SSSR count). The molecule has 1 heterocycles. The maximum Gasteiger partial charge on any atom is 0.171 e. The van der Waals surface area contributed by atoms with Crippen LogP contribution in [0.2, 0.25) is 0 Å². The van der Waals surface area contributed by atoms with E-state index in [1.54, 1.807) is 18.0 Å². The van der Waals surface area contributed by atoms with Crippen LogP contribution < -0.4 is 4.74 Å². The van der Waals surface area contributed by atoms with Crippen LogP contribution in [0.15, 0.2) is 41.1 Å². The van der Waals surface area contributed by atoms with Crippen molar-refractivity contribution in [2.24, 2.45) is 0 Å². The first-order chi connectivity index (χ1) is 6.83. The van der Waals surface area contributed by atoms with Gasteiger partial charge in [-0.05, 0) is 28.1 Å². The van der Waals surface area contributed by atoms with Crippen molar-refractivity contribution < 1.29 is 4.74 Å². The minimum atomic E-state index is 0.730. The van der Waals surface area contributed by atoms with Crippen LogP contribution >= 0.6 is 15.9 Å².